The van der Waals surface area contributed by atoms with Crippen LogP contribution in [0.5, 0.6) is 0 Å². The molecule has 9 heteroatoms. The Labute approximate surface area is 782 Å². The minimum absolute atomic E-state index is 0.918. The average Bonchev–Trinajstić information content (AvgIpc) is 1.56. The van der Waals surface area contributed by atoms with Crippen molar-refractivity contribution in [3.63, 3.8) is 0 Å². The molecule has 0 aliphatic rings. The summed E-state index contributed by atoms with van der Waals surface area (Å²) in [5.41, 5.74) is 30.7. The maximum absolute atomic E-state index is 6.36. The van der Waals surface area contributed by atoms with E-state index in [1.54, 1.807) is 0 Å². The van der Waals surface area contributed by atoms with Gasteiger partial charge in [-0.1, -0.05) is 303 Å². The van der Waals surface area contributed by atoms with E-state index in [0.717, 1.165) is 38.8 Å². The number of furan rings is 1. The molecule has 9 heterocycles. The number of hydrogen-bond donors (Lipinski definition) is 0. The molecule has 135 heavy (non-hydrogen) atoms. The molecule has 9 aromatic heterocycles. The van der Waals surface area contributed by atoms with Crippen LogP contribution in [0.3, 0.4) is 0 Å². The van der Waals surface area contributed by atoms with Crippen molar-refractivity contribution in [3.8, 4) is 67.5 Å². The number of thiophene rings is 2. The first kappa shape index (κ1) is 76.5. The van der Waals surface area contributed by atoms with Crippen LogP contribution >= 0.6 is 22.7 Å². The summed E-state index contributed by atoms with van der Waals surface area (Å²) in [6.45, 7) is 0. The predicted molar refractivity (Wildman–Crippen MR) is 575 cm³/mol. The third-order valence-corrected chi connectivity index (χ3v) is 30.3. The standard InChI is InChI=1S/C42H26N2O.2C42H26N2S/c2*1-2-11-28(12-3-1)43-37-18-7-4-13-31(37)35-26-40-36(25-39(35)43)32-14-5-8-19-38(32)44(40)29-23-21-27(22-24-29)30-16-10-17-34-33-15-6-9-20-41(33)45-42(30)34;1-2-11-28(12-3-1)43-36-17-7-4-13-31(36)34-26-39-35(25-38(34)43)32-14-5-8-18-37(32)44(39)29-23-21-27(22-24-29)30-16-10-20-41-42(30)33-15-6-9-19-40(33)45-41/h3*1-26H. The minimum atomic E-state index is 0.918. The van der Waals surface area contributed by atoms with Crippen molar-refractivity contribution < 1.29 is 4.42 Å². The molecule has 0 atom stereocenters. The molecule has 0 bridgehead atoms. The van der Waals surface area contributed by atoms with Gasteiger partial charge in [0.2, 0.25) is 0 Å². The fraction of sp³-hybridized carbons (Fsp3) is 0. The van der Waals surface area contributed by atoms with Gasteiger partial charge in [0.05, 0.1) is 66.2 Å². The number of aromatic nitrogens is 6. The van der Waals surface area contributed by atoms with Crippen LogP contribution in [-0.2, 0) is 0 Å². The summed E-state index contributed by atoms with van der Waals surface area (Å²) in [5.74, 6) is 0. The monoisotopic (exact) mass is 1750 g/mol. The van der Waals surface area contributed by atoms with Crippen molar-refractivity contribution in [3.05, 3.63) is 473 Å². The zero-order valence-corrected chi connectivity index (χ0v) is 74.6. The smallest absolute Gasteiger partial charge is 0.143 e. The van der Waals surface area contributed by atoms with E-state index in [2.05, 4.69) is 488 Å². The average molecular weight is 1760 g/mol. The molecule has 30 rings (SSSR count). The Balaban J connectivity index is 0.000000101. The summed E-state index contributed by atoms with van der Waals surface area (Å²) in [4.78, 5) is 0. The Morgan fingerprint density at radius 3 is 0.815 bits per heavy atom. The van der Waals surface area contributed by atoms with Gasteiger partial charge in [-0.05, 0) is 198 Å². The molecule has 0 aliphatic carbocycles. The van der Waals surface area contributed by atoms with E-state index in [-0.39, 0.29) is 0 Å². The first-order valence-electron chi connectivity index (χ1n) is 46.1. The highest BCUT2D eigenvalue weighted by atomic mass is 32.1. The van der Waals surface area contributed by atoms with Gasteiger partial charge in [-0.2, -0.15) is 0 Å². The van der Waals surface area contributed by atoms with E-state index in [4.69, 9.17) is 4.42 Å². The Bertz CT molecular complexity index is 9660. The second-order valence-electron chi connectivity index (χ2n) is 35.3. The van der Waals surface area contributed by atoms with Crippen molar-refractivity contribution in [1.29, 1.82) is 0 Å². The van der Waals surface area contributed by atoms with Gasteiger partial charge in [-0.3, -0.25) is 0 Å². The van der Waals surface area contributed by atoms with E-state index < -0.39 is 0 Å². The highest BCUT2D eigenvalue weighted by molar-refractivity contribution is 7.26. The number of rotatable bonds is 9. The van der Waals surface area contributed by atoms with Gasteiger partial charge in [0.15, 0.2) is 0 Å². The molecule has 630 valence electrons. The van der Waals surface area contributed by atoms with E-state index >= 15 is 0 Å². The molecule has 0 amide bonds. The molecular weight excluding hydrogens is 1680 g/mol. The van der Waals surface area contributed by atoms with Gasteiger partial charge in [-0.25, -0.2) is 0 Å². The van der Waals surface area contributed by atoms with Crippen molar-refractivity contribution in [2.45, 2.75) is 0 Å². The zero-order valence-electron chi connectivity index (χ0n) is 72.9. The summed E-state index contributed by atoms with van der Waals surface area (Å²) in [6.07, 6.45) is 0. The van der Waals surface area contributed by atoms with Crippen LogP contribution in [0.2, 0.25) is 0 Å². The zero-order chi connectivity index (χ0) is 88.5. The number of fused-ring (bicyclic) bond motifs is 27. The van der Waals surface area contributed by atoms with Crippen LogP contribution in [0.25, 0.3) is 261 Å². The fourth-order valence-electron chi connectivity index (χ4n) is 22.0. The maximum Gasteiger partial charge on any atom is 0.143 e. The fourth-order valence-corrected chi connectivity index (χ4v) is 24.4. The molecule has 21 aromatic carbocycles. The molecule has 0 saturated carbocycles. The van der Waals surface area contributed by atoms with E-state index in [0.29, 0.717) is 0 Å². The van der Waals surface area contributed by atoms with Crippen LogP contribution in [0.15, 0.2) is 478 Å². The van der Waals surface area contributed by atoms with Crippen LogP contribution < -0.4 is 0 Å². The Morgan fingerprint density at radius 1 is 0.156 bits per heavy atom. The lowest BCUT2D eigenvalue weighted by Crippen LogP contribution is -1.94. The van der Waals surface area contributed by atoms with Crippen LogP contribution in [-0.4, -0.2) is 27.4 Å². The molecule has 0 N–H and O–H groups in total. The van der Waals surface area contributed by atoms with Gasteiger partial charge in [0.25, 0.3) is 0 Å². The van der Waals surface area contributed by atoms with Crippen LogP contribution in [0, 0.1) is 0 Å². The predicted octanol–water partition coefficient (Wildman–Crippen LogP) is 35.3. The lowest BCUT2D eigenvalue weighted by atomic mass is 9.99. The van der Waals surface area contributed by atoms with Crippen molar-refractivity contribution in [1.82, 2.24) is 27.4 Å². The largest absolute Gasteiger partial charge is 0.455 e. The number of benzene rings is 21. The van der Waals surface area contributed by atoms with E-state index in [1.807, 2.05) is 34.8 Å². The van der Waals surface area contributed by atoms with Crippen molar-refractivity contribution in [2.24, 2.45) is 0 Å². The lowest BCUT2D eigenvalue weighted by molar-refractivity contribution is 0.670. The quantitative estimate of drug-likeness (QED) is 0.142. The highest BCUT2D eigenvalue weighted by Gasteiger charge is 2.25. The summed E-state index contributed by atoms with van der Waals surface area (Å²) >= 11 is 3.75. The molecule has 0 radical (unpaired) electrons. The first-order chi connectivity index (χ1) is 67.0. The number of hydrogen-bond acceptors (Lipinski definition) is 3. The molecule has 30 aromatic rings. The van der Waals surface area contributed by atoms with Gasteiger partial charge in [0.1, 0.15) is 11.2 Å². The van der Waals surface area contributed by atoms with Crippen molar-refractivity contribution in [2.75, 3.05) is 0 Å². The highest BCUT2D eigenvalue weighted by Crippen LogP contribution is 2.49. The Hall–Kier alpha value is -17.3. The molecule has 0 saturated heterocycles. The lowest BCUT2D eigenvalue weighted by Gasteiger charge is -2.11. The van der Waals surface area contributed by atoms with E-state index in [1.165, 1.54) is 222 Å². The third kappa shape index (κ3) is 12.0. The van der Waals surface area contributed by atoms with Crippen molar-refractivity contribution >= 4 is 216 Å². The second kappa shape index (κ2) is 30.6. The van der Waals surface area contributed by atoms with Gasteiger partial charge >= 0.3 is 0 Å². The van der Waals surface area contributed by atoms with Gasteiger partial charge < -0.3 is 31.8 Å². The van der Waals surface area contributed by atoms with Crippen LogP contribution in [0.4, 0.5) is 0 Å². The van der Waals surface area contributed by atoms with Gasteiger partial charge in [0, 0.05) is 155 Å². The number of nitrogens with zero attached hydrogens (tertiary/aromatic N) is 6. The van der Waals surface area contributed by atoms with E-state index in [9.17, 15) is 0 Å². The summed E-state index contributed by atoms with van der Waals surface area (Å²) in [7, 11) is 0. The topological polar surface area (TPSA) is 42.7 Å². The normalized spacial score (nSPS) is 12.0. The SMILES string of the molecule is c1ccc(-n2c3ccccc3c3cc4c(cc32)c2ccccc2n4-c2ccc(-c3cccc4c3oc3ccccc34)cc2)cc1.c1ccc(-n2c3ccccc3c3cc4c(cc32)c2ccccc2n4-c2ccc(-c3cccc4c3sc3ccccc34)cc2)cc1.c1ccc(-n2c3ccccc3c3cc4c(cc32)c2ccccc2n4-c2ccc(-c3cccc4sc5ccccc5c34)cc2)cc1. The van der Waals surface area contributed by atoms with Gasteiger partial charge in [-0.15, -0.1) is 22.7 Å². The minimum Gasteiger partial charge on any atom is -0.455 e. The molecule has 7 nitrogen and oxygen atoms in total. The molecule has 0 fully saturated rings. The Morgan fingerprint density at radius 2 is 0.422 bits per heavy atom. The maximum atomic E-state index is 6.36. The molecular formula is C126H78N6OS2. The summed E-state index contributed by atoms with van der Waals surface area (Å²) in [6, 6.07) is 172. The Kier molecular flexibility index (Phi) is 17.4. The summed E-state index contributed by atoms with van der Waals surface area (Å²) < 4.78 is 26.2. The van der Waals surface area contributed by atoms with Crippen LogP contribution in [0.1, 0.15) is 0 Å². The molecule has 0 spiro atoms. The second-order valence-corrected chi connectivity index (χ2v) is 37.4. The molecule has 0 aliphatic heterocycles. The third-order valence-electron chi connectivity index (χ3n) is 28.0. The molecule has 0 unspecified atom stereocenters. The first-order valence-corrected chi connectivity index (χ1v) is 47.7. The summed E-state index contributed by atoms with van der Waals surface area (Å²) in [5, 5.41) is 22.7. The number of para-hydroxylation sites is 11.